The molecule has 2 aliphatic rings. The van der Waals surface area contributed by atoms with E-state index >= 15 is 0 Å². The minimum Gasteiger partial charge on any atom is -0.450 e. The summed E-state index contributed by atoms with van der Waals surface area (Å²) in [5, 5.41) is 0. The predicted molar refractivity (Wildman–Crippen MR) is 41.5 cm³/mol. The second-order valence-electron chi connectivity index (χ2n) is 3.17. The van der Waals surface area contributed by atoms with Gasteiger partial charge in [-0.05, 0) is 18.8 Å². The van der Waals surface area contributed by atoms with E-state index in [1.165, 1.54) is 0 Å². The van der Waals surface area contributed by atoms with Gasteiger partial charge in [-0.3, -0.25) is 0 Å². The first kappa shape index (κ1) is 7.17. The third-order valence-corrected chi connectivity index (χ3v) is 2.55. The smallest absolute Gasteiger partial charge is 0.404 e. The molecule has 1 fully saturated rings. The average Bonchev–Trinajstić information content (AvgIpc) is 2.45. The van der Waals surface area contributed by atoms with Gasteiger partial charge in [-0.1, -0.05) is 12.2 Å². The van der Waals surface area contributed by atoms with E-state index in [-0.39, 0.29) is 6.10 Å². The number of rotatable bonds is 1. The molecule has 1 saturated carbocycles. The van der Waals surface area contributed by atoms with E-state index in [1.54, 1.807) is 0 Å². The summed E-state index contributed by atoms with van der Waals surface area (Å²) in [7, 11) is 0. The highest BCUT2D eigenvalue weighted by Crippen LogP contribution is 2.40. The van der Waals surface area contributed by atoms with Gasteiger partial charge < -0.3 is 4.74 Å². The Balaban J connectivity index is 1.98. The molecule has 0 aromatic carbocycles. The van der Waals surface area contributed by atoms with Crippen LogP contribution in [0.1, 0.15) is 12.8 Å². The summed E-state index contributed by atoms with van der Waals surface area (Å²) in [6, 6.07) is 0. The minimum absolute atomic E-state index is 0.0509. The molecule has 0 radical (unpaired) electrons. The van der Waals surface area contributed by atoms with E-state index in [1.807, 2.05) is 0 Å². The van der Waals surface area contributed by atoms with Crippen LogP contribution in [0.15, 0.2) is 12.2 Å². The second-order valence-corrected chi connectivity index (χ2v) is 3.48. The quantitative estimate of drug-likeness (QED) is 0.448. The predicted octanol–water partition coefficient (Wildman–Crippen LogP) is 2.33. The number of hydrogen-bond donors (Lipinski definition) is 0. The van der Waals surface area contributed by atoms with E-state index in [4.69, 9.17) is 16.3 Å². The van der Waals surface area contributed by atoms with Crippen LogP contribution in [0.4, 0.5) is 4.79 Å². The van der Waals surface area contributed by atoms with Crippen molar-refractivity contribution in [3.63, 3.8) is 0 Å². The molecule has 2 aliphatic carbocycles. The Morgan fingerprint density at radius 3 is 2.73 bits per heavy atom. The van der Waals surface area contributed by atoms with Crippen LogP contribution in [-0.2, 0) is 4.74 Å². The number of carbonyl (C=O) groups is 1. The Hall–Kier alpha value is -0.500. The lowest BCUT2D eigenvalue weighted by molar-refractivity contribution is 0.105. The Morgan fingerprint density at radius 1 is 1.45 bits per heavy atom. The summed E-state index contributed by atoms with van der Waals surface area (Å²) < 4.78 is 4.92. The molecule has 60 valence electrons. The Morgan fingerprint density at radius 2 is 2.27 bits per heavy atom. The summed E-state index contributed by atoms with van der Waals surface area (Å²) in [6.07, 6.45) is 6.46. The van der Waals surface area contributed by atoms with Crippen LogP contribution in [-0.4, -0.2) is 11.5 Å². The maximum atomic E-state index is 10.4. The minimum atomic E-state index is -0.670. The van der Waals surface area contributed by atoms with Gasteiger partial charge in [0.1, 0.15) is 6.10 Å². The number of carbonyl (C=O) groups excluding carboxylic acids is 1. The number of ether oxygens (including phenoxy) is 1. The molecule has 0 amide bonds. The Labute approximate surface area is 70.2 Å². The maximum Gasteiger partial charge on any atom is 0.404 e. The summed E-state index contributed by atoms with van der Waals surface area (Å²) >= 11 is 5.11. The molecule has 0 aromatic rings. The van der Waals surface area contributed by atoms with Crippen molar-refractivity contribution in [2.75, 3.05) is 0 Å². The first-order valence-corrected chi connectivity index (χ1v) is 4.18. The normalized spacial score (nSPS) is 39.5. The van der Waals surface area contributed by atoms with E-state index in [2.05, 4.69) is 12.2 Å². The molecule has 3 heteroatoms. The van der Waals surface area contributed by atoms with Crippen molar-refractivity contribution in [3.05, 3.63) is 12.2 Å². The van der Waals surface area contributed by atoms with Gasteiger partial charge in [-0.2, -0.15) is 0 Å². The highest BCUT2D eigenvalue weighted by molar-refractivity contribution is 6.61. The lowest BCUT2D eigenvalue weighted by Crippen LogP contribution is -2.18. The van der Waals surface area contributed by atoms with Crippen molar-refractivity contribution in [3.8, 4) is 0 Å². The van der Waals surface area contributed by atoms with Crippen LogP contribution in [0.3, 0.4) is 0 Å². The van der Waals surface area contributed by atoms with Crippen LogP contribution in [0, 0.1) is 11.8 Å². The molecule has 2 bridgehead atoms. The summed E-state index contributed by atoms with van der Waals surface area (Å²) in [5.74, 6) is 1.06. The molecular weight excluding hydrogens is 164 g/mol. The van der Waals surface area contributed by atoms with Crippen LogP contribution in [0.25, 0.3) is 0 Å². The average molecular weight is 173 g/mol. The van der Waals surface area contributed by atoms with Crippen LogP contribution < -0.4 is 0 Å². The fourth-order valence-electron chi connectivity index (χ4n) is 1.98. The van der Waals surface area contributed by atoms with Crippen molar-refractivity contribution in [2.45, 2.75) is 18.9 Å². The first-order chi connectivity index (χ1) is 5.25. The molecule has 3 atom stereocenters. The van der Waals surface area contributed by atoms with Crippen molar-refractivity contribution < 1.29 is 9.53 Å². The molecular formula is C8H9ClO2. The molecule has 0 N–H and O–H groups in total. The SMILES string of the molecule is O=C(Cl)O[C@H]1C[C@@H]2C=C[C@H]1C2. The summed E-state index contributed by atoms with van der Waals surface area (Å²) in [4.78, 5) is 10.4. The molecule has 2 nitrogen and oxygen atoms in total. The van der Waals surface area contributed by atoms with Gasteiger partial charge >= 0.3 is 5.43 Å². The number of fused-ring (bicyclic) bond motifs is 2. The Bertz CT molecular complexity index is 212. The zero-order valence-electron chi connectivity index (χ0n) is 6.00. The summed E-state index contributed by atoms with van der Waals surface area (Å²) in [6.45, 7) is 0. The molecule has 0 spiro atoms. The van der Waals surface area contributed by atoms with Crippen LogP contribution >= 0.6 is 11.6 Å². The van der Waals surface area contributed by atoms with Gasteiger partial charge in [0, 0.05) is 17.5 Å². The fourth-order valence-corrected chi connectivity index (χ4v) is 2.10. The molecule has 0 aliphatic heterocycles. The van der Waals surface area contributed by atoms with Crippen LogP contribution in [0.5, 0.6) is 0 Å². The third kappa shape index (κ3) is 1.27. The van der Waals surface area contributed by atoms with Crippen molar-refractivity contribution in [1.82, 2.24) is 0 Å². The lowest BCUT2D eigenvalue weighted by atomic mass is 10.1. The second kappa shape index (κ2) is 2.52. The van der Waals surface area contributed by atoms with Gasteiger partial charge in [0.15, 0.2) is 0 Å². The zero-order chi connectivity index (χ0) is 7.84. The highest BCUT2D eigenvalue weighted by Gasteiger charge is 2.37. The number of hydrogen-bond acceptors (Lipinski definition) is 2. The van der Waals surface area contributed by atoms with Gasteiger partial charge in [0.25, 0.3) is 0 Å². The first-order valence-electron chi connectivity index (χ1n) is 3.80. The van der Waals surface area contributed by atoms with Gasteiger partial charge in [0.2, 0.25) is 0 Å². The largest absolute Gasteiger partial charge is 0.450 e. The van der Waals surface area contributed by atoms with E-state index in [0.717, 1.165) is 12.8 Å². The lowest BCUT2D eigenvalue weighted by Gasteiger charge is -2.16. The topological polar surface area (TPSA) is 26.3 Å². The Kier molecular flexibility index (Phi) is 1.64. The molecule has 0 aromatic heterocycles. The van der Waals surface area contributed by atoms with Crippen LogP contribution in [0.2, 0.25) is 0 Å². The van der Waals surface area contributed by atoms with Gasteiger partial charge in [0.05, 0.1) is 0 Å². The number of halogens is 1. The van der Waals surface area contributed by atoms with Crippen molar-refractivity contribution in [2.24, 2.45) is 11.8 Å². The zero-order valence-corrected chi connectivity index (χ0v) is 6.75. The van der Waals surface area contributed by atoms with Gasteiger partial charge in [-0.25, -0.2) is 4.79 Å². The molecule has 11 heavy (non-hydrogen) atoms. The molecule has 0 heterocycles. The third-order valence-electron chi connectivity index (χ3n) is 2.46. The van der Waals surface area contributed by atoms with E-state index in [9.17, 15) is 4.79 Å². The van der Waals surface area contributed by atoms with Crippen molar-refractivity contribution in [1.29, 1.82) is 0 Å². The monoisotopic (exact) mass is 172 g/mol. The summed E-state index contributed by atoms with van der Waals surface area (Å²) in [5.41, 5.74) is -0.670. The van der Waals surface area contributed by atoms with Crippen molar-refractivity contribution >= 4 is 17.0 Å². The molecule has 0 saturated heterocycles. The highest BCUT2D eigenvalue weighted by atomic mass is 35.5. The molecule has 0 unspecified atom stereocenters. The van der Waals surface area contributed by atoms with Gasteiger partial charge in [-0.15, -0.1) is 0 Å². The maximum absolute atomic E-state index is 10.4. The number of allylic oxidation sites excluding steroid dienone is 1. The van der Waals surface area contributed by atoms with E-state index < -0.39 is 5.43 Å². The fraction of sp³-hybridized carbons (Fsp3) is 0.625. The van der Waals surface area contributed by atoms with E-state index in [0.29, 0.717) is 11.8 Å². The standard InChI is InChI=1S/C8H9ClO2/c9-8(10)11-7-4-5-1-2-6(7)3-5/h1-2,5-7H,3-4H2/t5-,6+,7+/m1/s1. The molecule has 2 rings (SSSR count).